The van der Waals surface area contributed by atoms with E-state index in [1.807, 2.05) is 23.7 Å². The summed E-state index contributed by atoms with van der Waals surface area (Å²) in [4.78, 5) is 10.9. The Balaban J connectivity index is 1.69. The Morgan fingerprint density at radius 3 is 2.96 bits per heavy atom. The molecular formula is C16H19ClN4O3S. The van der Waals surface area contributed by atoms with Gasteiger partial charge in [-0.3, -0.25) is 4.79 Å². The second kappa shape index (κ2) is 7.97. The van der Waals surface area contributed by atoms with Crippen LogP contribution in [0.2, 0.25) is 5.02 Å². The number of halogens is 1. The van der Waals surface area contributed by atoms with Gasteiger partial charge in [-0.05, 0) is 17.7 Å². The van der Waals surface area contributed by atoms with E-state index in [9.17, 15) is 4.79 Å². The number of nitrogens with two attached hydrogens (primary N) is 1. The van der Waals surface area contributed by atoms with Gasteiger partial charge in [0.25, 0.3) is 0 Å². The third-order valence-corrected chi connectivity index (χ3v) is 5.12. The summed E-state index contributed by atoms with van der Waals surface area (Å²) in [5, 5.41) is 9.60. The fourth-order valence-corrected chi connectivity index (χ4v) is 3.59. The van der Waals surface area contributed by atoms with Crippen molar-refractivity contribution in [3.05, 3.63) is 28.5 Å². The van der Waals surface area contributed by atoms with Crippen LogP contribution in [0, 0.1) is 0 Å². The summed E-state index contributed by atoms with van der Waals surface area (Å²) in [7, 11) is 1.87. The van der Waals surface area contributed by atoms with Gasteiger partial charge in [-0.2, -0.15) is 0 Å². The van der Waals surface area contributed by atoms with Crippen LogP contribution in [0.1, 0.15) is 24.2 Å². The smallest absolute Gasteiger partial charge is 0.217 e. The lowest BCUT2D eigenvalue weighted by Crippen LogP contribution is -2.12. The lowest BCUT2D eigenvalue weighted by molar-refractivity contribution is -0.118. The number of hydrogen-bond donors (Lipinski definition) is 1. The van der Waals surface area contributed by atoms with Crippen molar-refractivity contribution < 1.29 is 14.3 Å². The predicted octanol–water partition coefficient (Wildman–Crippen LogP) is 2.34. The summed E-state index contributed by atoms with van der Waals surface area (Å²) in [6.07, 6.45) is 1.58. The summed E-state index contributed by atoms with van der Waals surface area (Å²) in [6, 6.07) is 3.83. The Hall–Kier alpha value is -1.93. The van der Waals surface area contributed by atoms with Crippen LogP contribution in [0.5, 0.6) is 11.5 Å². The normalized spacial score (nSPS) is 13.5. The Bertz CT molecular complexity index is 781. The maximum absolute atomic E-state index is 10.9. The fourth-order valence-electron chi connectivity index (χ4n) is 2.44. The van der Waals surface area contributed by atoms with Gasteiger partial charge in [0, 0.05) is 32.1 Å². The van der Waals surface area contributed by atoms with Crippen LogP contribution < -0.4 is 15.2 Å². The van der Waals surface area contributed by atoms with Crippen molar-refractivity contribution >= 4 is 29.3 Å². The minimum absolute atomic E-state index is 0.258. The average molecular weight is 383 g/mol. The molecule has 0 saturated carbocycles. The van der Waals surface area contributed by atoms with E-state index in [2.05, 4.69) is 10.2 Å². The molecule has 0 saturated heterocycles. The maximum atomic E-state index is 10.9. The molecule has 2 heterocycles. The summed E-state index contributed by atoms with van der Waals surface area (Å²) >= 11 is 7.85. The van der Waals surface area contributed by atoms with Crippen LogP contribution in [-0.2, 0) is 24.0 Å². The second-order valence-corrected chi connectivity index (χ2v) is 7.02. The molecular weight excluding hydrogens is 364 g/mol. The number of rotatable bonds is 6. The number of benzene rings is 1. The van der Waals surface area contributed by atoms with Gasteiger partial charge >= 0.3 is 0 Å². The zero-order chi connectivity index (χ0) is 17.8. The molecule has 0 unspecified atom stereocenters. The molecule has 2 N–H and O–H groups in total. The summed E-state index contributed by atoms with van der Waals surface area (Å²) < 4.78 is 13.2. The number of aryl methyl sites for hydroxylation is 1. The van der Waals surface area contributed by atoms with Crippen LogP contribution in [0.3, 0.4) is 0 Å². The van der Waals surface area contributed by atoms with E-state index < -0.39 is 0 Å². The molecule has 25 heavy (non-hydrogen) atoms. The summed E-state index contributed by atoms with van der Waals surface area (Å²) in [6.45, 7) is 1.22. The van der Waals surface area contributed by atoms with Crippen molar-refractivity contribution in [3.63, 3.8) is 0 Å². The first-order valence-corrected chi connectivity index (χ1v) is 9.28. The Labute approximate surface area is 154 Å². The number of fused-ring (bicyclic) bond motifs is 1. The van der Waals surface area contributed by atoms with Crippen molar-refractivity contribution in [1.29, 1.82) is 0 Å². The molecule has 1 amide bonds. The molecule has 1 aromatic heterocycles. The summed E-state index contributed by atoms with van der Waals surface area (Å²) in [5.74, 6) is 2.34. The number of amides is 1. The van der Waals surface area contributed by atoms with Crippen LogP contribution in [0.15, 0.2) is 17.3 Å². The maximum Gasteiger partial charge on any atom is 0.217 e. The average Bonchev–Trinajstić information content (AvgIpc) is 2.77. The molecule has 9 heteroatoms. The van der Waals surface area contributed by atoms with Crippen molar-refractivity contribution in [2.24, 2.45) is 12.8 Å². The molecule has 0 atom stereocenters. The fraction of sp³-hybridized carbons (Fsp3) is 0.438. The molecule has 134 valence electrons. The highest BCUT2D eigenvalue weighted by Gasteiger charge is 2.16. The molecule has 1 aliphatic heterocycles. The highest BCUT2D eigenvalue weighted by atomic mass is 35.5. The third kappa shape index (κ3) is 4.38. The van der Waals surface area contributed by atoms with Crippen molar-refractivity contribution in [2.75, 3.05) is 13.2 Å². The Kier molecular flexibility index (Phi) is 5.70. The van der Waals surface area contributed by atoms with E-state index >= 15 is 0 Å². The van der Waals surface area contributed by atoms with Gasteiger partial charge in [-0.1, -0.05) is 23.4 Å². The molecule has 0 spiro atoms. The zero-order valence-electron chi connectivity index (χ0n) is 13.8. The lowest BCUT2D eigenvalue weighted by atomic mass is 10.2. The predicted molar refractivity (Wildman–Crippen MR) is 95.1 cm³/mol. The van der Waals surface area contributed by atoms with Gasteiger partial charge in [-0.15, -0.1) is 10.2 Å². The van der Waals surface area contributed by atoms with Gasteiger partial charge in [0.05, 0.1) is 18.2 Å². The van der Waals surface area contributed by atoms with Gasteiger partial charge in [0.2, 0.25) is 5.91 Å². The number of thioether (sulfide) groups is 1. The standard InChI is InChI=1S/C16H19ClN4O3S/c1-21-14(4-3-13(18)22)19-20-16(21)25-9-10-7-11(17)15-12(8-10)23-5-2-6-24-15/h7-8H,2-6,9H2,1H3,(H2,18,22). The van der Waals surface area contributed by atoms with E-state index in [0.717, 1.165) is 23.0 Å². The molecule has 0 bridgehead atoms. The monoisotopic (exact) mass is 382 g/mol. The zero-order valence-corrected chi connectivity index (χ0v) is 15.4. The molecule has 0 aliphatic carbocycles. The van der Waals surface area contributed by atoms with Crippen LogP contribution in [-0.4, -0.2) is 33.9 Å². The van der Waals surface area contributed by atoms with Gasteiger partial charge in [0.15, 0.2) is 16.7 Å². The summed E-state index contributed by atoms with van der Waals surface area (Å²) in [5.41, 5.74) is 6.19. The molecule has 7 nitrogen and oxygen atoms in total. The number of nitrogens with zero attached hydrogens (tertiary/aromatic N) is 3. The number of ether oxygens (including phenoxy) is 2. The molecule has 0 fully saturated rings. The minimum atomic E-state index is -0.348. The van der Waals surface area contributed by atoms with Crippen molar-refractivity contribution in [1.82, 2.24) is 14.8 Å². The second-order valence-electron chi connectivity index (χ2n) is 5.67. The Morgan fingerprint density at radius 1 is 1.36 bits per heavy atom. The van der Waals surface area contributed by atoms with E-state index in [4.69, 9.17) is 26.8 Å². The molecule has 1 aliphatic rings. The van der Waals surface area contributed by atoms with Gasteiger partial charge < -0.3 is 19.8 Å². The molecule has 3 rings (SSSR count). The highest BCUT2D eigenvalue weighted by Crippen LogP contribution is 2.39. The number of carbonyl (C=O) groups is 1. The van der Waals surface area contributed by atoms with Crippen molar-refractivity contribution in [3.8, 4) is 11.5 Å². The van der Waals surface area contributed by atoms with Crippen LogP contribution in [0.25, 0.3) is 0 Å². The van der Waals surface area contributed by atoms with Crippen LogP contribution >= 0.6 is 23.4 Å². The number of hydrogen-bond acceptors (Lipinski definition) is 6. The largest absolute Gasteiger partial charge is 0.489 e. The highest BCUT2D eigenvalue weighted by molar-refractivity contribution is 7.98. The van der Waals surface area contributed by atoms with Crippen LogP contribution in [0.4, 0.5) is 0 Å². The van der Waals surface area contributed by atoms with E-state index in [-0.39, 0.29) is 12.3 Å². The minimum Gasteiger partial charge on any atom is -0.489 e. The van der Waals surface area contributed by atoms with Crippen molar-refractivity contribution in [2.45, 2.75) is 30.2 Å². The lowest BCUT2D eigenvalue weighted by Gasteiger charge is -2.11. The topological polar surface area (TPSA) is 92.3 Å². The first-order valence-electron chi connectivity index (χ1n) is 7.92. The quantitative estimate of drug-likeness (QED) is 0.771. The van der Waals surface area contributed by atoms with E-state index in [0.29, 0.717) is 41.9 Å². The van der Waals surface area contributed by atoms with E-state index in [1.54, 1.807) is 0 Å². The van der Waals surface area contributed by atoms with E-state index in [1.165, 1.54) is 11.8 Å². The number of aromatic nitrogens is 3. The molecule has 1 aromatic carbocycles. The number of primary amides is 1. The molecule has 0 radical (unpaired) electrons. The van der Waals surface area contributed by atoms with Gasteiger partial charge in [-0.25, -0.2) is 0 Å². The first kappa shape index (κ1) is 17.9. The third-order valence-electron chi connectivity index (χ3n) is 3.75. The molecule has 2 aromatic rings. The first-order chi connectivity index (χ1) is 12.0. The number of carbonyl (C=O) groups excluding carboxylic acids is 1. The Morgan fingerprint density at radius 2 is 2.16 bits per heavy atom. The SMILES string of the molecule is Cn1c(CCC(N)=O)nnc1SCc1cc(Cl)c2c(c1)OCCCO2. The van der Waals surface area contributed by atoms with Gasteiger partial charge in [0.1, 0.15) is 5.82 Å².